The maximum atomic E-state index is 11.3. The minimum atomic E-state index is -0.812. The first-order chi connectivity index (χ1) is 8.13. The van der Waals surface area contributed by atoms with Crippen LogP contribution in [0.4, 0.5) is 10.5 Å². The van der Waals surface area contributed by atoms with E-state index in [4.69, 9.17) is 5.73 Å². The first-order valence-corrected chi connectivity index (χ1v) is 4.97. The fourth-order valence-corrected chi connectivity index (χ4v) is 1.14. The average Bonchev–Trinajstić information content (AvgIpc) is 2.34. The van der Waals surface area contributed by atoms with Crippen LogP contribution < -0.4 is 16.4 Å². The normalized spacial score (nSPS) is 9.47. The molecule has 1 rings (SSSR count). The van der Waals surface area contributed by atoms with Gasteiger partial charge in [0.15, 0.2) is 0 Å². The third kappa shape index (κ3) is 4.37. The molecule has 0 atom stereocenters. The maximum Gasteiger partial charge on any atom is 0.404 e. The van der Waals surface area contributed by atoms with Crippen molar-refractivity contribution in [1.82, 2.24) is 10.3 Å². The Kier molecular flexibility index (Phi) is 4.74. The van der Waals surface area contributed by atoms with Gasteiger partial charge in [-0.15, -0.1) is 0 Å². The SMILES string of the molecule is CNC(=O)c1cc(NCCOC(N)=O)ccn1. The van der Waals surface area contributed by atoms with Gasteiger partial charge in [-0.05, 0) is 12.1 Å². The fourth-order valence-electron chi connectivity index (χ4n) is 1.14. The fraction of sp³-hybridized carbons (Fsp3) is 0.300. The third-order valence-corrected chi connectivity index (χ3v) is 1.90. The second-order valence-electron chi connectivity index (χ2n) is 3.10. The summed E-state index contributed by atoms with van der Waals surface area (Å²) in [7, 11) is 1.53. The van der Waals surface area contributed by atoms with Gasteiger partial charge in [-0.2, -0.15) is 0 Å². The molecule has 7 nitrogen and oxygen atoms in total. The molecule has 0 spiro atoms. The number of nitrogens with two attached hydrogens (primary N) is 1. The molecule has 0 aliphatic carbocycles. The zero-order valence-electron chi connectivity index (χ0n) is 9.40. The lowest BCUT2D eigenvalue weighted by Crippen LogP contribution is -2.20. The van der Waals surface area contributed by atoms with E-state index in [1.807, 2.05) is 0 Å². The molecule has 0 aliphatic rings. The highest BCUT2D eigenvalue weighted by atomic mass is 16.5. The smallest absolute Gasteiger partial charge is 0.404 e. The largest absolute Gasteiger partial charge is 0.448 e. The molecule has 92 valence electrons. The molecule has 1 aromatic rings. The number of anilines is 1. The van der Waals surface area contributed by atoms with Gasteiger partial charge in [0.2, 0.25) is 0 Å². The quantitative estimate of drug-likeness (QED) is 0.623. The molecular weight excluding hydrogens is 224 g/mol. The highest BCUT2D eigenvalue weighted by Crippen LogP contribution is 2.07. The number of primary amides is 1. The molecule has 0 saturated carbocycles. The van der Waals surface area contributed by atoms with Crippen molar-refractivity contribution in [2.45, 2.75) is 0 Å². The van der Waals surface area contributed by atoms with Gasteiger partial charge in [0.05, 0.1) is 0 Å². The highest BCUT2D eigenvalue weighted by molar-refractivity contribution is 5.92. The van der Waals surface area contributed by atoms with E-state index in [9.17, 15) is 9.59 Å². The predicted molar refractivity (Wildman–Crippen MR) is 61.7 cm³/mol. The molecule has 0 fully saturated rings. The van der Waals surface area contributed by atoms with Crippen molar-refractivity contribution in [2.75, 3.05) is 25.5 Å². The topological polar surface area (TPSA) is 106 Å². The summed E-state index contributed by atoms with van der Waals surface area (Å²) in [6.45, 7) is 0.563. The molecule has 0 aromatic carbocycles. The van der Waals surface area contributed by atoms with Crippen molar-refractivity contribution in [3.8, 4) is 0 Å². The number of amides is 2. The molecule has 1 heterocycles. The van der Waals surface area contributed by atoms with Gasteiger partial charge in [-0.25, -0.2) is 4.79 Å². The summed E-state index contributed by atoms with van der Waals surface area (Å²) in [4.78, 5) is 25.5. The van der Waals surface area contributed by atoms with Crippen molar-refractivity contribution in [1.29, 1.82) is 0 Å². The summed E-state index contributed by atoms with van der Waals surface area (Å²) in [6.07, 6.45) is 0.703. The first kappa shape index (κ1) is 12.8. The van der Waals surface area contributed by atoms with Crippen LogP contribution in [0.3, 0.4) is 0 Å². The van der Waals surface area contributed by atoms with Crippen LogP contribution >= 0.6 is 0 Å². The van der Waals surface area contributed by atoms with E-state index in [1.54, 1.807) is 12.1 Å². The summed E-state index contributed by atoms with van der Waals surface area (Å²) >= 11 is 0. The van der Waals surface area contributed by atoms with Crippen LogP contribution in [0.2, 0.25) is 0 Å². The van der Waals surface area contributed by atoms with Gasteiger partial charge in [-0.3, -0.25) is 9.78 Å². The molecule has 17 heavy (non-hydrogen) atoms. The number of hydrogen-bond donors (Lipinski definition) is 3. The molecule has 0 aliphatic heterocycles. The number of carbonyl (C=O) groups excluding carboxylic acids is 2. The Balaban J connectivity index is 2.48. The zero-order chi connectivity index (χ0) is 12.7. The van der Waals surface area contributed by atoms with Gasteiger partial charge < -0.3 is 21.1 Å². The van der Waals surface area contributed by atoms with Gasteiger partial charge in [-0.1, -0.05) is 0 Å². The lowest BCUT2D eigenvalue weighted by atomic mass is 10.3. The second-order valence-corrected chi connectivity index (χ2v) is 3.10. The Labute approximate surface area is 98.4 Å². The van der Waals surface area contributed by atoms with Gasteiger partial charge in [0, 0.05) is 25.5 Å². The summed E-state index contributed by atoms with van der Waals surface area (Å²) in [5.41, 5.74) is 5.83. The second kappa shape index (κ2) is 6.31. The molecule has 0 bridgehead atoms. The van der Waals surface area contributed by atoms with E-state index in [0.29, 0.717) is 17.9 Å². The number of aromatic nitrogens is 1. The van der Waals surface area contributed by atoms with E-state index in [1.165, 1.54) is 13.2 Å². The van der Waals surface area contributed by atoms with Gasteiger partial charge in [0.1, 0.15) is 12.3 Å². The Hall–Kier alpha value is -2.31. The number of nitrogens with one attached hydrogen (secondary N) is 2. The number of rotatable bonds is 5. The van der Waals surface area contributed by atoms with Crippen molar-refractivity contribution < 1.29 is 14.3 Å². The van der Waals surface area contributed by atoms with Crippen LogP contribution in [0.5, 0.6) is 0 Å². The molecule has 0 radical (unpaired) electrons. The van der Waals surface area contributed by atoms with E-state index >= 15 is 0 Å². The van der Waals surface area contributed by atoms with Crippen LogP contribution in [-0.2, 0) is 4.74 Å². The van der Waals surface area contributed by atoms with E-state index in [-0.39, 0.29) is 12.5 Å². The number of carbonyl (C=O) groups is 2. The van der Waals surface area contributed by atoms with Crippen LogP contribution in [0.1, 0.15) is 10.5 Å². The molecule has 0 unspecified atom stereocenters. The lowest BCUT2D eigenvalue weighted by Gasteiger charge is -2.07. The summed E-state index contributed by atoms with van der Waals surface area (Å²) in [6, 6.07) is 3.31. The van der Waals surface area contributed by atoms with Crippen molar-refractivity contribution >= 4 is 17.7 Å². The Morgan fingerprint density at radius 3 is 2.94 bits per heavy atom. The number of hydrogen-bond acceptors (Lipinski definition) is 5. The van der Waals surface area contributed by atoms with Crippen LogP contribution in [0, 0.1) is 0 Å². The number of nitrogens with zero attached hydrogens (tertiary/aromatic N) is 1. The molecule has 4 N–H and O–H groups in total. The van der Waals surface area contributed by atoms with E-state index < -0.39 is 6.09 Å². The molecule has 7 heteroatoms. The Morgan fingerprint density at radius 2 is 2.29 bits per heavy atom. The third-order valence-electron chi connectivity index (χ3n) is 1.90. The lowest BCUT2D eigenvalue weighted by molar-refractivity contribution is 0.0958. The summed E-state index contributed by atoms with van der Waals surface area (Å²) in [5, 5.41) is 5.44. The number of pyridine rings is 1. The van der Waals surface area contributed by atoms with Gasteiger partial charge in [0.25, 0.3) is 5.91 Å². The van der Waals surface area contributed by atoms with Crippen LogP contribution in [-0.4, -0.2) is 37.2 Å². The maximum absolute atomic E-state index is 11.3. The monoisotopic (exact) mass is 238 g/mol. The summed E-state index contributed by atoms with van der Waals surface area (Å²) in [5.74, 6) is -0.262. The predicted octanol–water partition coefficient (Wildman–Crippen LogP) is -0.0516. The minimum absolute atomic E-state index is 0.160. The average molecular weight is 238 g/mol. The van der Waals surface area contributed by atoms with Crippen molar-refractivity contribution in [2.24, 2.45) is 5.73 Å². The van der Waals surface area contributed by atoms with Crippen molar-refractivity contribution in [3.05, 3.63) is 24.0 Å². The molecule has 0 saturated heterocycles. The number of ether oxygens (including phenoxy) is 1. The standard InChI is InChI=1S/C10H14N4O3/c1-12-9(15)8-6-7(2-3-14-8)13-4-5-17-10(11)16/h2-3,6H,4-5H2,1H3,(H2,11,16)(H,12,15)(H,13,14). The Morgan fingerprint density at radius 1 is 1.53 bits per heavy atom. The Bertz CT molecular complexity index is 408. The molecule has 1 aromatic heterocycles. The van der Waals surface area contributed by atoms with Crippen molar-refractivity contribution in [3.63, 3.8) is 0 Å². The van der Waals surface area contributed by atoms with E-state index in [2.05, 4.69) is 20.4 Å². The van der Waals surface area contributed by atoms with Crippen LogP contribution in [0.15, 0.2) is 18.3 Å². The highest BCUT2D eigenvalue weighted by Gasteiger charge is 2.04. The van der Waals surface area contributed by atoms with E-state index in [0.717, 1.165) is 0 Å². The first-order valence-electron chi connectivity index (χ1n) is 4.97. The van der Waals surface area contributed by atoms with Crippen LogP contribution in [0.25, 0.3) is 0 Å². The minimum Gasteiger partial charge on any atom is -0.448 e. The zero-order valence-corrected chi connectivity index (χ0v) is 9.40. The van der Waals surface area contributed by atoms with Gasteiger partial charge >= 0.3 is 6.09 Å². The molecule has 2 amide bonds. The summed E-state index contributed by atoms with van der Waals surface area (Å²) < 4.78 is 4.54. The molecular formula is C10H14N4O3.